The van der Waals surface area contributed by atoms with E-state index in [9.17, 15) is 9.59 Å². The summed E-state index contributed by atoms with van der Waals surface area (Å²) in [4.78, 5) is 23.0. The van der Waals surface area contributed by atoms with Crippen molar-refractivity contribution in [2.24, 2.45) is 0 Å². The lowest BCUT2D eigenvalue weighted by atomic mass is 10.2. The van der Waals surface area contributed by atoms with Crippen LogP contribution in [-0.2, 0) is 19.1 Å². The third kappa shape index (κ3) is 8.59. The zero-order chi connectivity index (χ0) is 15.3. The van der Waals surface area contributed by atoms with Crippen LogP contribution in [0.2, 0.25) is 19.6 Å². The Morgan fingerprint density at radius 1 is 1.11 bits per heavy atom. The smallest absolute Gasteiger partial charge is 0.331 e. The van der Waals surface area contributed by atoms with Crippen LogP contribution in [0.4, 0.5) is 0 Å². The van der Waals surface area contributed by atoms with E-state index in [0.29, 0.717) is 0 Å². The molecule has 1 atom stereocenters. The lowest BCUT2D eigenvalue weighted by molar-refractivity contribution is -0.149. The van der Waals surface area contributed by atoms with Gasteiger partial charge < -0.3 is 9.47 Å². The van der Waals surface area contributed by atoms with Crippen LogP contribution in [0, 0.1) is 0 Å². The second kappa shape index (κ2) is 6.89. The molecular formula is C14H26O4Si. The summed E-state index contributed by atoms with van der Waals surface area (Å²) in [6.07, 6.45) is 3.04. The number of hydrogen-bond donors (Lipinski definition) is 0. The van der Waals surface area contributed by atoms with Crippen LogP contribution in [0.15, 0.2) is 12.2 Å². The third-order valence-electron chi connectivity index (χ3n) is 2.36. The Balaban J connectivity index is 4.43. The van der Waals surface area contributed by atoms with Crippen molar-refractivity contribution in [3.05, 3.63) is 12.2 Å². The van der Waals surface area contributed by atoms with Crippen molar-refractivity contribution in [3.8, 4) is 0 Å². The zero-order valence-corrected chi connectivity index (χ0v) is 14.1. The quantitative estimate of drug-likeness (QED) is 0.443. The molecule has 0 N–H and O–H groups in total. The van der Waals surface area contributed by atoms with E-state index in [1.54, 1.807) is 20.8 Å². The number of rotatable bonds is 5. The van der Waals surface area contributed by atoms with Gasteiger partial charge in [0.15, 0.2) is 0 Å². The Bertz CT molecular complexity index is 347. The van der Waals surface area contributed by atoms with Crippen LogP contribution in [0.25, 0.3) is 0 Å². The standard InChI is InChI=1S/C14H26O4Si/c1-8-13(19(5,6)7)17-11(15)9-10-12(16)18-14(2,3)4/h9-10,13H,8H2,1-7H3. The maximum Gasteiger partial charge on any atom is 0.331 e. The van der Waals surface area contributed by atoms with Crippen molar-refractivity contribution in [2.45, 2.75) is 65.1 Å². The molecular weight excluding hydrogens is 260 g/mol. The number of carbonyl (C=O) groups excluding carboxylic acids is 2. The maximum absolute atomic E-state index is 11.6. The molecule has 1 unspecified atom stereocenters. The molecule has 0 aliphatic carbocycles. The monoisotopic (exact) mass is 286 g/mol. The van der Waals surface area contributed by atoms with Crippen LogP contribution in [0.1, 0.15) is 34.1 Å². The first-order valence-corrected chi connectivity index (χ1v) is 10.1. The fraction of sp³-hybridized carbons (Fsp3) is 0.714. The summed E-state index contributed by atoms with van der Waals surface area (Å²) in [7, 11) is -1.54. The van der Waals surface area contributed by atoms with Gasteiger partial charge in [0.05, 0.1) is 13.8 Å². The summed E-state index contributed by atoms with van der Waals surface area (Å²) in [5.74, 6) is -1.02. The van der Waals surface area contributed by atoms with Gasteiger partial charge in [-0.25, -0.2) is 9.59 Å². The van der Waals surface area contributed by atoms with Crippen LogP contribution >= 0.6 is 0 Å². The van der Waals surface area contributed by atoms with Crippen molar-refractivity contribution in [1.82, 2.24) is 0 Å². The summed E-state index contributed by atoms with van der Waals surface area (Å²) in [6, 6.07) is 0. The fourth-order valence-electron chi connectivity index (χ4n) is 1.52. The van der Waals surface area contributed by atoms with E-state index in [1.165, 1.54) is 0 Å². The molecule has 0 heterocycles. The average Bonchev–Trinajstić information content (AvgIpc) is 2.18. The van der Waals surface area contributed by atoms with Crippen LogP contribution < -0.4 is 0 Å². The zero-order valence-electron chi connectivity index (χ0n) is 13.1. The van der Waals surface area contributed by atoms with E-state index >= 15 is 0 Å². The third-order valence-corrected chi connectivity index (χ3v) is 4.82. The highest BCUT2D eigenvalue weighted by atomic mass is 28.3. The molecule has 0 rings (SSSR count). The molecule has 5 heteroatoms. The molecule has 0 saturated heterocycles. The van der Waals surface area contributed by atoms with Crippen LogP contribution in [0.3, 0.4) is 0 Å². The van der Waals surface area contributed by atoms with Gasteiger partial charge in [-0.05, 0) is 27.2 Å². The summed E-state index contributed by atoms with van der Waals surface area (Å²) in [6.45, 7) is 13.7. The van der Waals surface area contributed by atoms with E-state index in [-0.39, 0.29) is 5.73 Å². The molecule has 4 nitrogen and oxygen atoms in total. The molecule has 110 valence electrons. The minimum atomic E-state index is -1.54. The van der Waals surface area contributed by atoms with Crippen molar-refractivity contribution in [3.63, 3.8) is 0 Å². The summed E-state index contributed by atoms with van der Waals surface area (Å²) in [5.41, 5.74) is -0.599. The Morgan fingerprint density at radius 2 is 1.58 bits per heavy atom. The predicted molar refractivity (Wildman–Crippen MR) is 78.5 cm³/mol. The molecule has 0 bridgehead atoms. The largest absolute Gasteiger partial charge is 0.463 e. The summed E-state index contributed by atoms with van der Waals surface area (Å²) in [5, 5.41) is 0. The number of carbonyl (C=O) groups is 2. The van der Waals surface area contributed by atoms with Crippen molar-refractivity contribution >= 4 is 20.0 Å². The first-order chi connectivity index (χ1) is 8.45. The second-order valence-electron chi connectivity index (χ2n) is 6.57. The second-order valence-corrected chi connectivity index (χ2v) is 11.9. The Kier molecular flexibility index (Phi) is 6.49. The van der Waals surface area contributed by atoms with E-state index in [1.807, 2.05) is 6.92 Å². The fourth-order valence-corrected chi connectivity index (χ4v) is 3.22. The lowest BCUT2D eigenvalue weighted by Crippen LogP contribution is -2.41. The molecule has 0 amide bonds. The molecule has 0 aromatic rings. The Morgan fingerprint density at radius 3 is 1.95 bits per heavy atom. The maximum atomic E-state index is 11.6. The van der Waals surface area contributed by atoms with Gasteiger partial charge in [0.2, 0.25) is 0 Å². The highest BCUT2D eigenvalue weighted by Gasteiger charge is 2.28. The molecule has 0 aliphatic heterocycles. The van der Waals surface area contributed by atoms with Gasteiger partial charge in [-0.1, -0.05) is 26.6 Å². The normalized spacial score (nSPS) is 14.3. The van der Waals surface area contributed by atoms with Gasteiger partial charge in [-0.2, -0.15) is 0 Å². The predicted octanol–water partition coefficient (Wildman–Crippen LogP) is 3.08. The molecule has 0 aromatic heterocycles. The summed E-state index contributed by atoms with van der Waals surface area (Å²) >= 11 is 0. The van der Waals surface area contributed by atoms with E-state index in [0.717, 1.165) is 18.6 Å². The van der Waals surface area contributed by atoms with Crippen molar-refractivity contribution < 1.29 is 19.1 Å². The highest BCUT2D eigenvalue weighted by molar-refractivity contribution is 6.77. The van der Waals surface area contributed by atoms with Crippen LogP contribution in [0.5, 0.6) is 0 Å². The van der Waals surface area contributed by atoms with Crippen molar-refractivity contribution in [2.75, 3.05) is 0 Å². The van der Waals surface area contributed by atoms with E-state index in [2.05, 4.69) is 19.6 Å². The topological polar surface area (TPSA) is 52.6 Å². The number of esters is 2. The minimum absolute atomic E-state index is 0.0386. The highest BCUT2D eigenvalue weighted by Crippen LogP contribution is 2.15. The van der Waals surface area contributed by atoms with Gasteiger partial charge in [-0.15, -0.1) is 0 Å². The minimum Gasteiger partial charge on any atom is -0.463 e. The van der Waals surface area contributed by atoms with Gasteiger partial charge >= 0.3 is 11.9 Å². The molecule has 0 aliphatic rings. The molecule has 0 radical (unpaired) electrons. The van der Waals surface area contributed by atoms with Gasteiger partial charge in [0.25, 0.3) is 0 Å². The van der Waals surface area contributed by atoms with E-state index in [4.69, 9.17) is 9.47 Å². The lowest BCUT2D eigenvalue weighted by Gasteiger charge is -2.27. The SMILES string of the molecule is CCC(OC(=O)C=CC(=O)OC(C)(C)C)[Si](C)(C)C. The number of hydrogen-bond acceptors (Lipinski definition) is 4. The van der Waals surface area contributed by atoms with Crippen LogP contribution in [-0.4, -0.2) is 31.3 Å². The molecule has 0 aromatic carbocycles. The Hall–Kier alpha value is -1.10. The number of ether oxygens (including phenoxy) is 2. The van der Waals surface area contributed by atoms with E-state index < -0.39 is 25.6 Å². The first-order valence-electron chi connectivity index (χ1n) is 6.57. The van der Waals surface area contributed by atoms with Gasteiger partial charge in [-0.3, -0.25) is 0 Å². The van der Waals surface area contributed by atoms with Gasteiger partial charge in [0.1, 0.15) is 5.60 Å². The Labute approximate surface area is 117 Å². The molecule has 0 fully saturated rings. The van der Waals surface area contributed by atoms with Gasteiger partial charge in [0, 0.05) is 12.2 Å². The summed E-state index contributed by atoms with van der Waals surface area (Å²) < 4.78 is 10.4. The van der Waals surface area contributed by atoms with Crippen molar-refractivity contribution in [1.29, 1.82) is 0 Å². The molecule has 19 heavy (non-hydrogen) atoms. The molecule has 0 spiro atoms. The first kappa shape index (κ1) is 17.9. The molecule has 0 saturated carbocycles. The average molecular weight is 286 g/mol.